The van der Waals surface area contributed by atoms with Gasteiger partial charge in [-0.1, -0.05) is 0 Å². The van der Waals surface area contributed by atoms with Crippen molar-refractivity contribution in [2.45, 2.75) is 69.6 Å². The van der Waals surface area contributed by atoms with Crippen molar-refractivity contribution in [1.82, 2.24) is 15.1 Å². The summed E-state index contributed by atoms with van der Waals surface area (Å²) in [7, 11) is 2.26. The van der Waals surface area contributed by atoms with Gasteiger partial charge < -0.3 is 15.1 Å². The molecule has 0 aliphatic carbocycles. The van der Waals surface area contributed by atoms with Gasteiger partial charge >= 0.3 is 0 Å². The molecule has 0 radical (unpaired) electrons. The third kappa shape index (κ3) is 2.73. The summed E-state index contributed by atoms with van der Waals surface area (Å²) in [5, 5.41) is 3.97. The van der Waals surface area contributed by atoms with Crippen molar-refractivity contribution in [3.05, 3.63) is 0 Å². The lowest BCUT2D eigenvalue weighted by molar-refractivity contribution is 0.129. The summed E-state index contributed by atoms with van der Waals surface area (Å²) < 4.78 is 0. The Kier molecular flexibility index (Phi) is 3.92. The van der Waals surface area contributed by atoms with Gasteiger partial charge in [-0.25, -0.2) is 0 Å². The van der Waals surface area contributed by atoms with E-state index in [1.807, 2.05) is 0 Å². The van der Waals surface area contributed by atoms with Gasteiger partial charge in [0.25, 0.3) is 0 Å². The normalized spacial score (nSPS) is 43.0. The zero-order valence-corrected chi connectivity index (χ0v) is 12.1. The molecule has 0 aromatic rings. The van der Waals surface area contributed by atoms with Crippen LogP contribution in [0.5, 0.6) is 0 Å². The van der Waals surface area contributed by atoms with Gasteiger partial charge in [0.05, 0.1) is 0 Å². The fourth-order valence-electron chi connectivity index (χ4n) is 4.15. The molecule has 18 heavy (non-hydrogen) atoms. The van der Waals surface area contributed by atoms with Crippen LogP contribution >= 0.6 is 0 Å². The van der Waals surface area contributed by atoms with Crippen molar-refractivity contribution in [3.8, 4) is 0 Å². The highest BCUT2D eigenvalue weighted by atomic mass is 15.2. The fourth-order valence-corrected chi connectivity index (χ4v) is 4.15. The molecule has 3 heterocycles. The lowest BCUT2D eigenvalue weighted by Gasteiger charge is -2.40. The maximum Gasteiger partial charge on any atom is 0.0111 e. The second-order valence-electron chi connectivity index (χ2n) is 6.77. The number of nitrogens with zero attached hydrogens (tertiary/aromatic N) is 2. The monoisotopic (exact) mass is 251 g/mol. The third-order valence-electron chi connectivity index (χ3n) is 5.50. The number of fused-ring (bicyclic) bond motifs is 1. The Bertz CT molecular complexity index is 281. The molecule has 3 saturated heterocycles. The first kappa shape index (κ1) is 12.9. The summed E-state index contributed by atoms with van der Waals surface area (Å²) >= 11 is 0. The van der Waals surface area contributed by atoms with Gasteiger partial charge in [-0.3, -0.25) is 0 Å². The van der Waals surface area contributed by atoms with Crippen LogP contribution in [0.4, 0.5) is 0 Å². The summed E-state index contributed by atoms with van der Waals surface area (Å²) in [5.74, 6) is 0. The average molecular weight is 251 g/mol. The predicted molar refractivity (Wildman–Crippen MR) is 75.9 cm³/mol. The van der Waals surface area contributed by atoms with Crippen molar-refractivity contribution in [2.24, 2.45) is 0 Å². The van der Waals surface area contributed by atoms with E-state index in [1.165, 1.54) is 58.2 Å². The SMILES string of the molecule is CC1CC(NC2CCN3CCCC3C2)CCN1C. The molecule has 0 spiro atoms. The molecule has 1 N–H and O–H groups in total. The Labute approximate surface area is 112 Å². The zero-order valence-electron chi connectivity index (χ0n) is 12.1. The van der Waals surface area contributed by atoms with Crippen LogP contribution in [0.3, 0.4) is 0 Å². The number of likely N-dealkylation sites (tertiary alicyclic amines) is 1. The number of nitrogens with one attached hydrogen (secondary N) is 1. The van der Waals surface area contributed by atoms with E-state index in [9.17, 15) is 0 Å². The molecule has 104 valence electrons. The van der Waals surface area contributed by atoms with Crippen LogP contribution in [0.2, 0.25) is 0 Å². The van der Waals surface area contributed by atoms with Crippen LogP contribution in [0.1, 0.15) is 45.4 Å². The zero-order chi connectivity index (χ0) is 12.5. The first-order valence-corrected chi connectivity index (χ1v) is 7.92. The minimum absolute atomic E-state index is 0.753. The maximum atomic E-state index is 3.97. The van der Waals surface area contributed by atoms with Gasteiger partial charge in [-0.15, -0.1) is 0 Å². The molecule has 0 aromatic carbocycles. The summed E-state index contributed by atoms with van der Waals surface area (Å²) in [6, 6.07) is 3.22. The number of hydrogen-bond donors (Lipinski definition) is 1. The number of piperidine rings is 2. The van der Waals surface area contributed by atoms with Gasteiger partial charge in [0.15, 0.2) is 0 Å². The summed E-state index contributed by atoms with van der Waals surface area (Å²) in [5.41, 5.74) is 0. The van der Waals surface area contributed by atoms with E-state index in [0.717, 1.165) is 24.2 Å². The molecule has 0 amide bonds. The quantitative estimate of drug-likeness (QED) is 0.806. The van der Waals surface area contributed by atoms with Crippen LogP contribution in [-0.2, 0) is 0 Å². The lowest BCUT2D eigenvalue weighted by atomic mass is 9.93. The maximum absolute atomic E-state index is 3.97. The smallest absolute Gasteiger partial charge is 0.0111 e. The highest BCUT2D eigenvalue weighted by Crippen LogP contribution is 2.27. The second kappa shape index (κ2) is 5.48. The molecule has 0 aromatic heterocycles. The van der Waals surface area contributed by atoms with E-state index < -0.39 is 0 Å². The van der Waals surface area contributed by atoms with Gasteiger partial charge in [0.1, 0.15) is 0 Å². The highest BCUT2D eigenvalue weighted by Gasteiger charge is 2.33. The molecular weight excluding hydrogens is 222 g/mol. The number of rotatable bonds is 2. The van der Waals surface area contributed by atoms with Crippen molar-refractivity contribution in [3.63, 3.8) is 0 Å². The topological polar surface area (TPSA) is 18.5 Å². The van der Waals surface area contributed by atoms with E-state index in [-0.39, 0.29) is 0 Å². The predicted octanol–water partition coefficient (Wildman–Crippen LogP) is 1.69. The Morgan fingerprint density at radius 2 is 1.72 bits per heavy atom. The van der Waals surface area contributed by atoms with Crippen LogP contribution in [0.15, 0.2) is 0 Å². The van der Waals surface area contributed by atoms with E-state index in [0.29, 0.717) is 0 Å². The standard InChI is InChI=1S/C15H29N3/c1-12-10-13(5-8-17(12)2)16-14-6-9-18-7-3-4-15(18)11-14/h12-16H,3-11H2,1-2H3. The fraction of sp³-hybridized carbons (Fsp3) is 1.00. The molecular formula is C15H29N3. The Balaban J connectivity index is 1.48. The molecule has 3 rings (SSSR count). The van der Waals surface area contributed by atoms with Crippen molar-refractivity contribution in [2.75, 3.05) is 26.7 Å². The highest BCUT2D eigenvalue weighted by molar-refractivity contribution is 4.92. The minimum atomic E-state index is 0.753. The Morgan fingerprint density at radius 1 is 0.944 bits per heavy atom. The second-order valence-corrected chi connectivity index (χ2v) is 6.77. The van der Waals surface area contributed by atoms with Crippen LogP contribution in [0.25, 0.3) is 0 Å². The average Bonchev–Trinajstić information content (AvgIpc) is 2.81. The first-order chi connectivity index (χ1) is 8.72. The van der Waals surface area contributed by atoms with Crippen molar-refractivity contribution >= 4 is 0 Å². The summed E-state index contributed by atoms with van der Waals surface area (Å²) in [4.78, 5) is 5.22. The molecule has 3 heteroatoms. The molecule has 3 nitrogen and oxygen atoms in total. The summed E-state index contributed by atoms with van der Waals surface area (Å²) in [6.07, 6.45) is 8.33. The van der Waals surface area contributed by atoms with E-state index >= 15 is 0 Å². The Morgan fingerprint density at radius 3 is 2.56 bits per heavy atom. The molecule has 3 aliphatic heterocycles. The molecule has 4 atom stereocenters. The number of hydrogen-bond acceptors (Lipinski definition) is 3. The van der Waals surface area contributed by atoms with Crippen LogP contribution in [-0.4, -0.2) is 60.6 Å². The van der Waals surface area contributed by atoms with E-state index in [2.05, 4.69) is 29.1 Å². The first-order valence-electron chi connectivity index (χ1n) is 7.92. The minimum Gasteiger partial charge on any atom is -0.311 e. The van der Waals surface area contributed by atoms with Gasteiger partial charge in [0.2, 0.25) is 0 Å². The Hall–Kier alpha value is -0.120. The molecule has 0 saturated carbocycles. The van der Waals surface area contributed by atoms with Gasteiger partial charge in [-0.05, 0) is 72.1 Å². The molecule has 4 unspecified atom stereocenters. The third-order valence-corrected chi connectivity index (χ3v) is 5.50. The molecule has 3 fully saturated rings. The van der Waals surface area contributed by atoms with Gasteiger partial charge in [-0.2, -0.15) is 0 Å². The van der Waals surface area contributed by atoms with Crippen molar-refractivity contribution in [1.29, 1.82) is 0 Å². The molecule has 3 aliphatic rings. The molecule has 0 bridgehead atoms. The van der Waals surface area contributed by atoms with Crippen molar-refractivity contribution < 1.29 is 0 Å². The van der Waals surface area contributed by atoms with Crippen LogP contribution < -0.4 is 5.32 Å². The summed E-state index contributed by atoms with van der Waals surface area (Å²) in [6.45, 7) is 6.33. The van der Waals surface area contributed by atoms with E-state index in [1.54, 1.807) is 0 Å². The lowest BCUT2D eigenvalue weighted by Crippen LogP contribution is -2.52. The largest absolute Gasteiger partial charge is 0.311 e. The van der Waals surface area contributed by atoms with E-state index in [4.69, 9.17) is 0 Å². The van der Waals surface area contributed by atoms with Crippen LogP contribution in [0, 0.1) is 0 Å². The van der Waals surface area contributed by atoms with Gasteiger partial charge in [0, 0.05) is 24.2 Å².